The summed E-state index contributed by atoms with van der Waals surface area (Å²) >= 11 is 0. The molecule has 1 N–H and O–H groups in total. The van der Waals surface area contributed by atoms with Gasteiger partial charge in [0.15, 0.2) is 5.82 Å². The van der Waals surface area contributed by atoms with E-state index in [-0.39, 0.29) is 0 Å². The highest BCUT2D eigenvalue weighted by molar-refractivity contribution is 5.78. The number of aliphatic carboxylic acids is 1. The van der Waals surface area contributed by atoms with Gasteiger partial charge in [-0.15, -0.1) is 0 Å². The first-order chi connectivity index (χ1) is 12.1. The van der Waals surface area contributed by atoms with Crippen LogP contribution in [0, 0.1) is 6.92 Å². The number of carbonyl (C=O) groups is 1. The topological polar surface area (TPSA) is 66.3 Å². The number of nitrogens with zero attached hydrogens (tertiary/aromatic N) is 3. The lowest BCUT2D eigenvalue weighted by molar-refractivity contribution is -0.139. The van der Waals surface area contributed by atoms with Gasteiger partial charge in [-0.3, -0.25) is 0 Å². The number of aromatic nitrogens is 2. The Balaban J connectivity index is 2.03. The molecule has 0 saturated carbocycles. The summed E-state index contributed by atoms with van der Waals surface area (Å²) < 4.78 is 0. The maximum Gasteiger partial charge on any atom is 0.326 e. The minimum atomic E-state index is -0.771. The van der Waals surface area contributed by atoms with Crippen LogP contribution in [0.4, 0.5) is 5.82 Å². The second-order valence-corrected chi connectivity index (χ2v) is 6.70. The monoisotopic (exact) mass is 339 g/mol. The fourth-order valence-electron chi connectivity index (χ4n) is 3.31. The second-order valence-electron chi connectivity index (χ2n) is 6.70. The van der Waals surface area contributed by atoms with Gasteiger partial charge >= 0.3 is 5.97 Å². The minimum absolute atomic E-state index is 0.496. The molecule has 0 spiro atoms. The molecule has 5 nitrogen and oxygen atoms in total. The highest BCUT2D eigenvalue weighted by Crippen LogP contribution is 2.27. The molecule has 0 aliphatic carbocycles. The molecule has 3 rings (SSSR count). The Hall–Kier alpha value is -2.43. The van der Waals surface area contributed by atoms with E-state index in [0.717, 1.165) is 49.3 Å². The summed E-state index contributed by atoms with van der Waals surface area (Å²) in [5, 5.41) is 9.57. The van der Waals surface area contributed by atoms with Crippen molar-refractivity contribution < 1.29 is 9.90 Å². The van der Waals surface area contributed by atoms with Crippen molar-refractivity contribution in [3.8, 4) is 11.4 Å². The van der Waals surface area contributed by atoms with Crippen LogP contribution in [-0.2, 0) is 11.2 Å². The molecule has 2 heterocycles. The molecule has 1 unspecified atom stereocenters. The molecule has 132 valence electrons. The zero-order chi connectivity index (χ0) is 17.8. The van der Waals surface area contributed by atoms with E-state index in [9.17, 15) is 9.90 Å². The van der Waals surface area contributed by atoms with Gasteiger partial charge in [0.05, 0.1) is 0 Å². The summed E-state index contributed by atoms with van der Waals surface area (Å²) in [6.45, 7) is 4.90. The Morgan fingerprint density at radius 1 is 1.24 bits per heavy atom. The van der Waals surface area contributed by atoms with Gasteiger partial charge in [0, 0.05) is 23.9 Å². The molecular formula is C20H25N3O2. The van der Waals surface area contributed by atoms with Crippen LogP contribution in [0.1, 0.15) is 43.9 Å². The van der Waals surface area contributed by atoms with Gasteiger partial charge in [-0.05, 0) is 32.6 Å². The summed E-state index contributed by atoms with van der Waals surface area (Å²) in [6.07, 6.45) is 4.47. The fraction of sp³-hybridized carbons (Fsp3) is 0.450. The lowest BCUT2D eigenvalue weighted by Gasteiger charge is -2.34. The summed E-state index contributed by atoms with van der Waals surface area (Å²) in [7, 11) is 0. The van der Waals surface area contributed by atoms with Gasteiger partial charge in [0.1, 0.15) is 11.9 Å². The third kappa shape index (κ3) is 3.98. The average Bonchev–Trinajstić information content (AvgIpc) is 2.62. The molecule has 0 radical (unpaired) electrons. The number of hydrogen-bond acceptors (Lipinski definition) is 4. The number of aryl methyl sites for hydroxylation is 2. The predicted octanol–water partition coefficient (Wildman–Crippen LogP) is 3.85. The SMILES string of the molecule is CCCc1cc(N2CCCCC2C(=O)O)nc(-c2ccc(C)cc2)n1. The molecular weight excluding hydrogens is 314 g/mol. The number of carboxylic acid groups (broad SMARTS) is 1. The Bertz CT molecular complexity index is 743. The average molecular weight is 339 g/mol. The maximum absolute atomic E-state index is 11.7. The highest BCUT2D eigenvalue weighted by atomic mass is 16.4. The van der Waals surface area contributed by atoms with Gasteiger partial charge in [0.25, 0.3) is 0 Å². The van der Waals surface area contributed by atoms with Crippen LogP contribution in [0.5, 0.6) is 0 Å². The highest BCUT2D eigenvalue weighted by Gasteiger charge is 2.30. The first kappa shape index (κ1) is 17.4. The molecule has 0 bridgehead atoms. The number of carboxylic acids is 1. The van der Waals surface area contributed by atoms with Crippen molar-refractivity contribution in [1.82, 2.24) is 9.97 Å². The van der Waals surface area contributed by atoms with Gasteiger partial charge in [-0.1, -0.05) is 43.2 Å². The molecule has 1 saturated heterocycles. The molecule has 1 fully saturated rings. The zero-order valence-corrected chi connectivity index (χ0v) is 14.9. The van der Waals surface area contributed by atoms with Crippen molar-refractivity contribution in [1.29, 1.82) is 0 Å². The maximum atomic E-state index is 11.7. The van der Waals surface area contributed by atoms with E-state index < -0.39 is 12.0 Å². The van der Waals surface area contributed by atoms with Crippen LogP contribution >= 0.6 is 0 Å². The fourth-order valence-corrected chi connectivity index (χ4v) is 3.31. The summed E-state index contributed by atoms with van der Waals surface area (Å²) in [5.41, 5.74) is 3.13. The third-order valence-electron chi connectivity index (χ3n) is 4.66. The van der Waals surface area contributed by atoms with Crippen LogP contribution in [0.2, 0.25) is 0 Å². The third-order valence-corrected chi connectivity index (χ3v) is 4.66. The molecule has 1 aromatic carbocycles. The van der Waals surface area contributed by atoms with E-state index in [2.05, 4.69) is 13.8 Å². The molecule has 2 aromatic rings. The lowest BCUT2D eigenvalue weighted by Crippen LogP contribution is -2.45. The van der Waals surface area contributed by atoms with Gasteiger partial charge in [-0.2, -0.15) is 0 Å². The Morgan fingerprint density at radius 3 is 2.68 bits per heavy atom. The molecule has 1 atom stereocenters. The van der Waals surface area contributed by atoms with Gasteiger partial charge in [0.2, 0.25) is 0 Å². The molecule has 1 aromatic heterocycles. The van der Waals surface area contributed by atoms with E-state index in [1.54, 1.807) is 0 Å². The first-order valence-electron chi connectivity index (χ1n) is 9.03. The lowest BCUT2D eigenvalue weighted by atomic mass is 10.0. The second kappa shape index (κ2) is 7.64. The van der Waals surface area contributed by atoms with Crippen LogP contribution in [0.15, 0.2) is 30.3 Å². The standard InChI is InChI=1S/C20H25N3O2/c1-3-6-16-13-18(23-12-5-4-7-17(23)20(24)25)22-19(21-16)15-10-8-14(2)9-11-15/h8-11,13,17H,3-7,12H2,1-2H3,(H,24,25). The minimum Gasteiger partial charge on any atom is -0.480 e. The van der Waals surface area contributed by atoms with E-state index in [1.807, 2.05) is 35.2 Å². The van der Waals surface area contributed by atoms with Crippen LogP contribution < -0.4 is 4.90 Å². The quantitative estimate of drug-likeness (QED) is 0.896. The normalized spacial score (nSPS) is 17.5. The van der Waals surface area contributed by atoms with Crippen LogP contribution in [-0.4, -0.2) is 33.6 Å². The van der Waals surface area contributed by atoms with Crippen molar-refractivity contribution in [2.45, 2.75) is 52.0 Å². The van der Waals surface area contributed by atoms with Crippen molar-refractivity contribution in [3.05, 3.63) is 41.6 Å². The number of piperidine rings is 1. The zero-order valence-electron chi connectivity index (χ0n) is 14.9. The van der Waals surface area contributed by atoms with Gasteiger partial charge < -0.3 is 10.0 Å². The first-order valence-corrected chi connectivity index (χ1v) is 9.03. The molecule has 1 aliphatic heterocycles. The molecule has 1 aliphatic rings. The van der Waals surface area contributed by atoms with E-state index in [4.69, 9.17) is 9.97 Å². The van der Waals surface area contributed by atoms with E-state index in [1.165, 1.54) is 5.56 Å². The Morgan fingerprint density at radius 2 is 2.00 bits per heavy atom. The van der Waals surface area contributed by atoms with Crippen molar-refractivity contribution in [2.75, 3.05) is 11.4 Å². The van der Waals surface area contributed by atoms with Crippen molar-refractivity contribution >= 4 is 11.8 Å². The van der Waals surface area contributed by atoms with Crippen molar-refractivity contribution in [3.63, 3.8) is 0 Å². The molecule has 0 amide bonds. The smallest absolute Gasteiger partial charge is 0.326 e. The number of anilines is 1. The van der Waals surface area contributed by atoms with Gasteiger partial charge in [-0.25, -0.2) is 14.8 Å². The van der Waals surface area contributed by atoms with Crippen LogP contribution in [0.25, 0.3) is 11.4 Å². The number of benzene rings is 1. The summed E-state index contributed by atoms with van der Waals surface area (Å²) in [5.74, 6) is 0.643. The molecule has 5 heteroatoms. The predicted molar refractivity (Wildman–Crippen MR) is 98.8 cm³/mol. The summed E-state index contributed by atoms with van der Waals surface area (Å²) in [4.78, 5) is 23.0. The molecule has 25 heavy (non-hydrogen) atoms. The Kier molecular flexibility index (Phi) is 5.31. The largest absolute Gasteiger partial charge is 0.480 e. The number of hydrogen-bond donors (Lipinski definition) is 1. The Labute approximate surface area is 148 Å². The summed E-state index contributed by atoms with van der Waals surface area (Å²) in [6, 6.07) is 9.61. The van der Waals surface area contributed by atoms with Crippen LogP contribution in [0.3, 0.4) is 0 Å². The van der Waals surface area contributed by atoms with Crippen molar-refractivity contribution in [2.24, 2.45) is 0 Å². The van der Waals surface area contributed by atoms with E-state index in [0.29, 0.717) is 12.2 Å². The number of rotatable bonds is 5. The van der Waals surface area contributed by atoms with E-state index >= 15 is 0 Å².